The van der Waals surface area contributed by atoms with Crippen LogP contribution in [0.5, 0.6) is 0 Å². The predicted molar refractivity (Wildman–Crippen MR) is 86.6 cm³/mol. The Morgan fingerprint density at radius 2 is 1.75 bits per heavy atom. The summed E-state index contributed by atoms with van der Waals surface area (Å²) in [5.74, 6) is 1.53. The Morgan fingerprint density at radius 3 is 2.40 bits per heavy atom. The van der Waals surface area contributed by atoms with Gasteiger partial charge in [0.25, 0.3) is 0 Å². The predicted octanol–water partition coefficient (Wildman–Crippen LogP) is 5.48. The lowest BCUT2D eigenvalue weighted by Gasteiger charge is -2.31. The van der Waals surface area contributed by atoms with Crippen molar-refractivity contribution in [1.82, 2.24) is 0 Å². The molecular weight excluding hydrogens is 240 g/mol. The van der Waals surface area contributed by atoms with Crippen molar-refractivity contribution in [3.8, 4) is 0 Å². The highest BCUT2D eigenvalue weighted by molar-refractivity contribution is 5.46. The van der Waals surface area contributed by atoms with Gasteiger partial charge in [0.15, 0.2) is 0 Å². The Labute approximate surface area is 122 Å². The SMILES string of the molecule is C=C1C=CC(C(Cc2ccccc2)C2CCCCC2)=C1. The quantitative estimate of drug-likeness (QED) is 0.675. The second-order valence-corrected chi connectivity index (χ2v) is 6.25. The van der Waals surface area contributed by atoms with Gasteiger partial charge in [-0.25, -0.2) is 0 Å². The molecule has 104 valence electrons. The first-order chi connectivity index (χ1) is 9.83. The first kappa shape index (κ1) is 13.4. The van der Waals surface area contributed by atoms with Crippen molar-refractivity contribution < 1.29 is 0 Å². The third kappa shape index (κ3) is 3.12. The van der Waals surface area contributed by atoms with E-state index in [1.54, 1.807) is 0 Å². The van der Waals surface area contributed by atoms with Crippen molar-refractivity contribution >= 4 is 0 Å². The van der Waals surface area contributed by atoms with Gasteiger partial charge in [0.1, 0.15) is 0 Å². The maximum Gasteiger partial charge on any atom is -0.00929 e. The molecular formula is C20H24. The summed E-state index contributed by atoms with van der Waals surface area (Å²) in [6.07, 6.45) is 15.0. The summed E-state index contributed by atoms with van der Waals surface area (Å²) < 4.78 is 0. The van der Waals surface area contributed by atoms with Crippen LogP contribution in [0.25, 0.3) is 0 Å². The fourth-order valence-electron chi connectivity index (χ4n) is 3.71. The van der Waals surface area contributed by atoms with E-state index < -0.39 is 0 Å². The van der Waals surface area contributed by atoms with Crippen LogP contribution < -0.4 is 0 Å². The molecule has 0 heteroatoms. The first-order valence-corrected chi connectivity index (χ1v) is 7.95. The molecule has 2 aliphatic rings. The van der Waals surface area contributed by atoms with Crippen LogP contribution in [0.3, 0.4) is 0 Å². The monoisotopic (exact) mass is 264 g/mol. The number of hydrogen-bond acceptors (Lipinski definition) is 0. The molecule has 1 unspecified atom stereocenters. The van der Waals surface area contributed by atoms with Gasteiger partial charge >= 0.3 is 0 Å². The van der Waals surface area contributed by atoms with E-state index in [-0.39, 0.29) is 0 Å². The maximum absolute atomic E-state index is 4.08. The Morgan fingerprint density at radius 1 is 1.00 bits per heavy atom. The third-order valence-electron chi connectivity index (χ3n) is 4.79. The standard InChI is InChI=1S/C20H24/c1-16-12-13-19(14-16)20(18-10-6-3-7-11-18)15-17-8-4-2-5-9-17/h2,4-5,8-9,12-14,18,20H,1,3,6-7,10-11,15H2. The van der Waals surface area contributed by atoms with Gasteiger partial charge in [0, 0.05) is 0 Å². The van der Waals surface area contributed by atoms with Crippen LogP contribution in [0.15, 0.2) is 66.3 Å². The lowest BCUT2D eigenvalue weighted by atomic mass is 9.74. The zero-order valence-electron chi connectivity index (χ0n) is 12.2. The number of benzene rings is 1. The zero-order valence-corrected chi connectivity index (χ0v) is 12.2. The summed E-state index contributed by atoms with van der Waals surface area (Å²) in [5, 5.41) is 0. The minimum Gasteiger partial charge on any atom is -0.0918 e. The summed E-state index contributed by atoms with van der Waals surface area (Å²) in [6, 6.07) is 11.0. The van der Waals surface area contributed by atoms with Crippen LogP contribution in [-0.4, -0.2) is 0 Å². The van der Waals surface area contributed by atoms with Crippen molar-refractivity contribution in [2.45, 2.75) is 38.5 Å². The summed E-state index contributed by atoms with van der Waals surface area (Å²) in [6.45, 7) is 4.08. The molecule has 20 heavy (non-hydrogen) atoms. The summed E-state index contributed by atoms with van der Waals surface area (Å²) >= 11 is 0. The third-order valence-corrected chi connectivity index (χ3v) is 4.79. The van der Waals surface area contributed by atoms with Crippen LogP contribution in [0.2, 0.25) is 0 Å². The molecule has 1 fully saturated rings. The molecule has 0 N–H and O–H groups in total. The van der Waals surface area contributed by atoms with E-state index >= 15 is 0 Å². The molecule has 1 aromatic carbocycles. The van der Waals surface area contributed by atoms with Crippen LogP contribution >= 0.6 is 0 Å². The van der Waals surface area contributed by atoms with Crippen molar-refractivity contribution in [3.05, 3.63) is 71.8 Å². The van der Waals surface area contributed by atoms with E-state index in [1.165, 1.54) is 49.7 Å². The normalized spacial score (nSPS) is 21.0. The number of rotatable bonds is 4. The number of allylic oxidation sites excluding steroid dienone is 5. The molecule has 0 nitrogen and oxygen atoms in total. The topological polar surface area (TPSA) is 0 Å². The Balaban J connectivity index is 1.81. The van der Waals surface area contributed by atoms with E-state index in [0.29, 0.717) is 5.92 Å². The smallest absolute Gasteiger partial charge is 0.00929 e. The van der Waals surface area contributed by atoms with Crippen LogP contribution in [0.1, 0.15) is 37.7 Å². The molecule has 1 atom stereocenters. The fourth-order valence-corrected chi connectivity index (χ4v) is 3.71. The molecule has 0 radical (unpaired) electrons. The summed E-state index contributed by atoms with van der Waals surface area (Å²) in [7, 11) is 0. The Bertz CT molecular complexity index is 512. The van der Waals surface area contributed by atoms with Gasteiger partial charge in [-0.15, -0.1) is 0 Å². The summed E-state index contributed by atoms with van der Waals surface area (Å²) in [5.41, 5.74) is 4.13. The minimum atomic E-state index is 0.674. The first-order valence-electron chi connectivity index (χ1n) is 7.95. The Hall–Kier alpha value is -1.56. The van der Waals surface area contributed by atoms with Gasteiger partial charge in [-0.1, -0.05) is 74.4 Å². The van der Waals surface area contributed by atoms with Crippen molar-refractivity contribution in [2.75, 3.05) is 0 Å². The Kier molecular flexibility index (Phi) is 4.20. The van der Waals surface area contributed by atoms with Crippen molar-refractivity contribution in [2.24, 2.45) is 11.8 Å². The lowest BCUT2D eigenvalue weighted by molar-refractivity contribution is 0.278. The van der Waals surface area contributed by atoms with Crippen molar-refractivity contribution in [3.63, 3.8) is 0 Å². The van der Waals surface area contributed by atoms with Crippen molar-refractivity contribution in [1.29, 1.82) is 0 Å². The molecule has 1 saturated carbocycles. The molecule has 0 amide bonds. The largest absolute Gasteiger partial charge is 0.0918 e. The molecule has 3 rings (SSSR count). The van der Waals surface area contributed by atoms with Gasteiger partial charge in [0.05, 0.1) is 0 Å². The molecule has 0 heterocycles. The van der Waals surface area contributed by atoms with E-state index in [2.05, 4.69) is 55.1 Å². The van der Waals surface area contributed by atoms with Gasteiger partial charge < -0.3 is 0 Å². The molecule has 0 spiro atoms. The number of hydrogen-bond donors (Lipinski definition) is 0. The highest BCUT2D eigenvalue weighted by atomic mass is 14.3. The van der Waals surface area contributed by atoms with Gasteiger partial charge in [0.2, 0.25) is 0 Å². The fraction of sp³-hybridized carbons (Fsp3) is 0.400. The highest BCUT2D eigenvalue weighted by Crippen LogP contribution is 2.38. The summed E-state index contributed by atoms with van der Waals surface area (Å²) in [4.78, 5) is 0. The van der Waals surface area contributed by atoms with E-state index in [1.807, 2.05) is 0 Å². The molecule has 2 aliphatic carbocycles. The molecule has 0 aromatic heterocycles. The van der Waals surface area contributed by atoms with Crippen LogP contribution in [0.4, 0.5) is 0 Å². The minimum absolute atomic E-state index is 0.674. The second kappa shape index (κ2) is 6.26. The average molecular weight is 264 g/mol. The van der Waals surface area contributed by atoms with Gasteiger partial charge in [-0.3, -0.25) is 0 Å². The molecule has 0 aliphatic heterocycles. The molecule has 0 saturated heterocycles. The maximum atomic E-state index is 4.08. The second-order valence-electron chi connectivity index (χ2n) is 6.25. The lowest BCUT2D eigenvalue weighted by Crippen LogP contribution is -2.21. The zero-order chi connectivity index (χ0) is 13.8. The van der Waals surface area contributed by atoms with Gasteiger partial charge in [-0.05, 0) is 47.8 Å². The van der Waals surface area contributed by atoms with E-state index in [9.17, 15) is 0 Å². The van der Waals surface area contributed by atoms with Gasteiger partial charge in [-0.2, -0.15) is 0 Å². The molecule has 1 aromatic rings. The average Bonchev–Trinajstić information content (AvgIpc) is 2.93. The van der Waals surface area contributed by atoms with E-state index in [4.69, 9.17) is 0 Å². The molecule has 0 bridgehead atoms. The van der Waals surface area contributed by atoms with Crippen LogP contribution in [0, 0.1) is 11.8 Å². The highest BCUT2D eigenvalue weighted by Gasteiger charge is 2.26. The van der Waals surface area contributed by atoms with Crippen LogP contribution in [-0.2, 0) is 6.42 Å². The van der Waals surface area contributed by atoms with E-state index in [0.717, 1.165) is 11.5 Å².